The molecule has 5 nitrogen and oxygen atoms in total. The molecule has 0 bridgehead atoms. The second-order valence-electron chi connectivity index (χ2n) is 6.16. The number of aromatic nitrogens is 2. The second kappa shape index (κ2) is 8.40. The molecule has 0 aliphatic heterocycles. The quantitative estimate of drug-likeness (QED) is 0.674. The second-order valence-corrected chi connectivity index (χ2v) is 6.16. The lowest BCUT2D eigenvalue weighted by molar-refractivity contribution is 0.425. The summed E-state index contributed by atoms with van der Waals surface area (Å²) in [6.07, 6.45) is 0. The summed E-state index contributed by atoms with van der Waals surface area (Å²) in [6, 6.07) is 18.2. The van der Waals surface area contributed by atoms with Gasteiger partial charge in [0, 0.05) is 24.7 Å². The number of nitrogens with zero attached hydrogens (tertiary/aromatic N) is 3. The van der Waals surface area contributed by atoms with E-state index < -0.39 is 0 Å². The summed E-state index contributed by atoms with van der Waals surface area (Å²) in [5.41, 5.74) is 2.12. The highest BCUT2D eigenvalue weighted by Gasteiger charge is 2.09. The third-order valence-electron chi connectivity index (χ3n) is 3.77. The molecule has 26 heavy (non-hydrogen) atoms. The lowest BCUT2D eigenvalue weighted by Crippen LogP contribution is -2.21. The molecule has 0 aliphatic rings. The van der Waals surface area contributed by atoms with Crippen LogP contribution in [0.5, 0.6) is 0 Å². The summed E-state index contributed by atoms with van der Waals surface area (Å²) >= 11 is 0. The zero-order valence-electron chi connectivity index (χ0n) is 14.9. The highest BCUT2D eigenvalue weighted by atomic mass is 19.1. The molecule has 2 N–H and O–H groups in total. The fourth-order valence-electron chi connectivity index (χ4n) is 2.44. The van der Waals surface area contributed by atoms with Crippen LogP contribution in [0.4, 0.5) is 21.8 Å². The van der Waals surface area contributed by atoms with Crippen LogP contribution in [-0.2, 0) is 0 Å². The fourth-order valence-corrected chi connectivity index (χ4v) is 2.44. The Balaban J connectivity index is 1.90. The maximum atomic E-state index is 14.0. The van der Waals surface area contributed by atoms with Gasteiger partial charge in [0.15, 0.2) is 0 Å². The van der Waals surface area contributed by atoms with E-state index in [4.69, 9.17) is 0 Å². The summed E-state index contributed by atoms with van der Waals surface area (Å²) < 4.78 is 14.0. The fraction of sp³-hybridized carbons (Fsp3) is 0.200. The van der Waals surface area contributed by atoms with Crippen LogP contribution in [0.1, 0.15) is 0 Å². The van der Waals surface area contributed by atoms with Gasteiger partial charge in [-0.15, -0.1) is 0 Å². The largest absolute Gasteiger partial charge is 0.353 e. The number of anilines is 3. The molecule has 0 radical (unpaired) electrons. The standard InChI is InChI=1S/C20H22FN5/c1-26(2)13-12-22-20-24-18(15-8-4-3-5-9-15)14-19(25-20)23-17-11-7-6-10-16(17)21/h3-11,14H,12-13H2,1-2H3,(H2,22,23,24,25). The van der Waals surface area contributed by atoms with Crippen LogP contribution in [0.25, 0.3) is 11.3 Å². The number of halogens is 1. The Hall–Kier alpha value is -2.99. The van der Waals surface area contributed by atoms with Crippen molar-refractivity contribution in [3.8, 4) is 11.3 Å². The first-order chi connectivity index (χ1) is 12.6. The van der Waals surface area contributed by atoms with E-state index in [1.807, 2.05) is 50.5 Å². The smallest absolute Gasteiger partial charge is 0.225 e. The van der Waals surface area contributed by atoms with E-state index in [0.717, 1.165) is 17.8 Å². The van der Waals surface area contributed by atoms with Crippen LogP contribution in [-0.4, -0.2) is 42.1 Å². The summed E-state index contributed by atoms with van der Waals surface area (Å²) in [5.74, 6) is 0.720. The van der Waals surface area contributed by atoms with E-state index in [-0.39, 0.29) is 5.82 Å². The van der Waals surface area contributed by atoms with Gasteiger partial charge < -0.3 is 15.5 Å². The number of nitrogens with one attached hydrogen (secondary N) is 2. The van der Waals surface area contributed by atoms with Crippen LogP contribution in [0.3, 0.4) is 0 Å². The minimum absolute atomic E-state index is 0.325. The van der Waals surface area contributed by atoms with E-state index in [0.29, 0.717) is 24.0 Å². The van der Waals surface area contributed by atoms with Crippen molar-refractivity contribution < 1.29 is 4.39 Å². The van der Waals surface area contributed by atoms with Crippen LogP contribution < -0.4 is 10.6 Å². The number of rotatable bonds is 7. The molecule has 3 aromatic rings. The van der Waals surface area contributed by atoms with Gasteiger partial charge in [-0.2, -0.15) is 4.98 Å². The number of benzene rings is 2. The topological polar surface area (TPSA) is 53.1 Å². The molecule has 3 rings (SSSR count). The summed E-state index contributed by atoms with van der Waals surface area (Å²) in [7, 11) is 4.02. The number of likely N-dealkylation sites (N-methyl/N-ethyl adjacent to an activating group) is 1. The molecule has 6 heteroatoms. The molecule has 1 aromatic heterocycles. The van der Waals surface area contributed by atoms with Crippen molar-refractivity contribution in [3.05, 3.63) is 66.5 Å². The van der Waals surface area contributed by atoms with Crippen LogP contribution in [0, 0.1) is 5.82 Å². The van der Waals surface area contributed by atoms with Crippen molar-refractivity contribution in [2.45, 2.75) is 0 Å². The molecule has 0 unspecified atom stereocenters. The Labute approximate surface area is 152 Å². The van der Waals surface area contributed by atoms with Crippen LogP contribution >= 0.6 is 0 Å². The van der Waals surface area contributed by atoms with E-state index in [9.17, 15) is 4.39 Å². The van der Waals surface area contributed by atoms with Crippen molar-refractivity contribution in [2.24, 2.45) is 0 Å². The zero-order valence-corrected chi connectivity index (χ0v) is 14.9. The Morgan fingerprint density at radius 1 is 0.962 bits per heavy atom. The van der Waals surface area contributed by atoms with Gasteiger partial charge in [-0.25, -0.2) is 9.37 Å². The van der Waals surface area contributed by atoms with Gasteiger partial charge >= 0.3 is 0 Å². The van der Waals surface area contributed by atoms with E-state index in [1.165, 1.54) is 6.07 Å². The van der Waals surface area contributed by atoms with Gasteiger partial charge in [0.05, 0.1) is 11.4 Å². The first kappa shape index (κ1) is 17.8. The van der Waals surface area contributed by atoms with Crippen molar-refractivity contribution >= 4 is 17.5 Å². The molecular weight excluding hydrogens is 329 g/mol. The molecule has 0 amide bonds. The first-order valence-corrected chi connectivity index (χ1v) is 8.46. The zero-order chi connectivity index (χ0) is 18.4. The average molecular weight is 351 g/mol. The van der Waals surface area contributed by atoms with Gasteiger partial charge in [-0.05, 0) is 26.2 Å². The molecule has 0 spiro atoms. The van der Waals surface area contributed by atoms with Gasteiger partial charge in [0.2, 0.25) is 5.95 Å². The Kier molecular flexibility index (Phi) is 5.76. The lowest BCUT2D eigenvalue weighted by Gasteiger charge is -2.13. The van der Waals surface area contributed by atoms with E-state index in [2.05, 4.69) is 25.5 Å². The summed E-state index contributed by atoms with van der Waals surface area (Å²) in [5, 5.41) is 6.27. The monoisotopic (exact) mass is 351 g/mol. The molecule has 2 aromatic carbocycles. The number of hydrogen-bond acceptors (Lipinski definition) is 5. The average Bonchev–Trinajstić information content (AvgIpc) is 2.64. The molecule has 0 aliphatic carbocycles. The van der Waals surface area contributed by atoms with Crippen LogP contribution in [0.2, 0.25) is 0 Å². The van der Waals surface area contributed by atoms with Crippen molar-refractivity contribution in [3.63, 3.8) is 0 Å². The highest BCUT2D eigenvalue weighted by Crippen LogP contribution is 2.24. The minimum atomic E-state index is -0.325. The molecule has 0 saturated heterocycles. The normalized spacial score (nSPS) is 10.8. The molecule has 0 fully saturated rings. The summed E-state index contributed by atoms with van der Waals surface area (Å²) in [6.45, 7) is 1.57. The number of hydrogen-bond donors (Lipinski definition) is 2. The lowest BCUT2D eigenvalue weighted by atomic mass is 10.1. The minimum Gasteiger partial charge on any atom is -0.353 e. The third-order valence-corrected chi connectivity index (χ3v) is 3.77. The maximum absolute atomic E-state index is 14.0. The maximum Gasteiger partial charge on any atom is 0.225 e. The Morgan fingerprint density at radius 3 is 2.42 bits per heavy atom. The number of para-hydroxylation sites is 1. The van der Waals surface area contributed by atoms with Gasteiger partial charge in [0.25, 0.3) is 0 Å². The van der Waals surface area contributed by atoms with Crippen molar-refractivity contribution in [1.29, 1.82) is 0 Å². The van der Waals surface area contributed by atoms with Gasteiger partial charge in [0.1, 0.15) is 11.6 Å². The molecule has 0 saturated carbocycles. The van der Waals surface area contributed by atoms with Gasteiger partial charge in [-0.3, -0.25) is 0 Å². The predicted octanol–water partition coefficient (Wildman–Crippen LogP) is 4.00. The first-order valence-electron chi connectivity index (χ1n) is 8.46. The molecule has 0 atom stereocenters. The van der Waals surface area contributed by atoms with E-state index in [1.54, 1.807) is 18.2 Å². The third kappa shape index (κ3) is 4.77. The Morgan fingerprint density at radius 2 is 1.69 bits per heavy atom. The summed E-state index contributed by atoms with van der Waals surface area (Å²) in [4.78, 5) is 11.1. The van der Waals surface area contributed by atoms with Crippen molar-refractivity contribution in [1.82, 2.24) is 14.9 Å². The SMILES string of the molecule is CN(C)CCNc1nc(Nc2ccccc2F)cc(-c2ccccc2)n1. The molecule has 134 valence electrons. The van der Waals surface area contributed by atoms with Gasteiger partial charge in [-0.1, -0.05) is 42.5 Å². The molecular formula is C20H22FN5. The predicted molar refractivity (Wildman–Crippen MR) is 104 cm³/mol. The highest BCUT2D eigenvalue weighted by molar-refractivity contribution is 5.67. The van der Waals surface area contributed by atoms with Crippen LogP contribution in [0.15, 0.2) is 60.7 Å². The van der Waals surface area contributed by atoms with Crippen molar-refractivity contribution in [2.75, 3.05) is 37.8 Å². The Bertz CT molecular complexity index is 852. The van der Waals surface area contributed by atoms with E-state index >= 15 is 0 Å². The molecule has 1 heterocycles.